The van der Waals surface area contributed by atoms with Crippen molar-refractivity contribution in [2.75, 3.05) is 6.61 Å². The van der Waals surface area contributed by atoms with Crippen LogP contribution in [0.25, 0.3) is 0 Å². The SMILES string of the molecule is C[C@H]1[C@H](C)CCC[C@@H]1NC(=O)COC(=O)c1ccc(Cn2cncn2)cc1. The Labute approximate surface area is 159 Å². The van der Waals surface area contributed by atoms with Gasteiger partial charge >= 0.3 is 5.97 Å². The summed E-state index contributed by atoms with van der Waals surface area (Å²) < 4.78 is 6.86. The van der Waals surface area contributed by atoms with Gasteiger partial charge in [0.2, 0.25) is 0 Å². The molecule has 3 rings (SSSR count). The zero-order valence-electron chi connectivity index (χ0n) is 15.8. The van der Waals surface area contributed by atoms with Crippen LogP contribution in [0.1, 0.15) is 49.0 Å². The summed E-state index contributed by atoms with van der Waals surface area (Å²) in [4.78, 5) is 28.2. The molecule has 1 aromatic heterocycles. The van der Waals surface area contributed by atoms with E-state index >= 15 is 0 Å². The number of nitrogens with zero attached hydrogens (tertiary/aromatic N) is 3. The molecule has 0 aliphatic heterocycles. The summed E-state index contributed by atoms with van der Waals surface area (Å²) in [7, 11) is 0. The van der Waals surface area contributed by atoms with Gasteiger partial charge in [0.1, 0.15) is 12.7 Å². The minimum atomic E-state index is -0.498. The first kappa shape index (κ1) is 19.1. The van der Waals surface area contributed by atoms with Crippen molar-refractivity contribution in [3.05, 3.63) is 48.0 Å². The summed E-state index contributed by atoms with van der Waals surface area (Å²) in [6.45, 7) is 4.71. The molecule has 3 atom stereocenters. The van der Waals surface area contributed by atoms with Gasteiger partial charge in [-0.1, -0.05) is 38.8 Å². The first-order chi connectivity index (χ1) is 13.0. The molecule has 1 aromatic carbocycles. The molecule has 1 amide bonds. The van der Waals surface area contributed by atoms with Crippen LogP contribution >= 0.6 is 0 Å². The number of aromatic nitrogens is 3. The van der Waals surface area contributed by atoms with Crippen molar-refractivity contribution in [3.63, 3.8) is 0 Å². The fourth-order valence-corrected chi connectivity index (χ4v) is 3.50. The quantitative estimate of drug-likeness (QED) is 0.789. The van der Waals surface area contributed by atoms with E-state index in [0.29, 0.717) is 23.9 Å². The molecular formula is C20H26N4O3. The van der Waals surface area contributed by atoms with Gasteiger partial charge in [-0.2, -0.15) is 5.10 Å². The van der Waals surface area contributed by atoms with Gasteiger partial charge in [-0.05, 0) is 36.0 Å². The zero-order valence-corrected chi connectivity index (χ0v) is 15.8. The van der Waals surface area contributed by atoms with E-state index in [0.717, 1.165) is 18.4 Å². The average Bonchev–Trinajstić information content (AvgIpc) is 3.17. The molecule has 1 heterocycles. The van der Waals surface area contributed by atoms with Crippen LogP contribution in [-0.2, 0) is 16.1 Å². The molecule has 7 nitrogen and oxygen atoms in total. The van der Waals surface area contributed by atoms with Gasteiger partial charge < -0.3 is 10.1 Å². The minimum Gasteiger partial charge on any atom is -0.452 e. The summed E-state index contributed by atoms with van der Waals surface area (Å²) in [6.07, 6.45) is 6.42. The maximum Gasteiger partial charge on any atom is 0.338 e. The average molecular weight is 370 g/mol. The van der Waals surface area contributed by atoms with E-state index in [4.69, 9.17) is 4.74 Å². The number of hydrogen-bond acceptors (Lipinski definition) is 5. The van der Waals surface area contributed by atoms with Gasteiger partial charge in [0.05, 0.1) is 12.1 Å². The Hall–Kier alpha value is -2.70. The van der Waals surface area contributed by atoms with Crippen molar-refractivity contribution in [1.29, 1.82) is 0 Å². The number of hydrogen-bond donors (Lipinski definition) is 1. The van der Waals surface area contributed by atoms with Crippen LogP contribution in [0.5, 0.6) is 0 Å². The summed E-state index contributed by atoms with van der Waals surface area (Å²) in [5.74, 6) is 0.304. The lowest BCUT2D eigenvalue weighted by Crippen LogP contribution is -2.45. The largest absolute Gasteiger partial charge is 0.452 e. The highest BCUT2D eigenvalue weighted by molar-refractivity contribution is 5.91. The number of esters is 1. The van der Waals surface area contributed by atoms with Crippen molar-refractivity contribution >= 4 is 11.9 Å². The first-order valence-corrected chi connectivity index (χ1v) is 9.41. The Morgan fingerprint density at radius 1 is 1.22 bits per heavy atom. The van der Waals surface area contributed by atoms with Crippen LogP contribution in [0.3, 0.4) is 0 Å². The van der Waals surface area contributed by atoms with Crippen LogP contribution in [0.2, 0.25) is 0 Å². The molecule has 0 saturated heterocycles. The molecule has 1 aliphatic rings. The van der Waals surface area contributed by atoms with Crippen LogP contribution in [0, 0.1) is 11.8 Å². The highest BCUT2D eigenvalue weighted by atomic mass is 16.5. The molecule has 144 valence electrons. The van der Waals surface area contributed by atoms with Crippen molar-refractivity contribution in [3.8, 4) is 0 Å². The summed E-state index contributed by atoms with van der Waals surface area (Å²) >= 11 is 0. The number of carbonyl (C=O) groups is 2. The van der Waals surface area contributed by atoms with Crippen molar-refractivity contribution in [2.24, 2.45) is 11.8 Å². The molecule has 1 saturated carbocycles. The molecule has 0 bridgehead atoms. The highest BCUT2D eigenvalue weighted by Crippen LogP contribution is 2.29. The topological polar surface area (TPSA) is 86.1 Å². The van der Waals surface area contributed by atoms with Crippen LogP contribution < -0.4 is 5.32 Å². The Morgan fingerprint density at radius 2 is 2.00 bits per heavy atom. The van der Waals surface area contributed by atoms with Gasteiger partial charge in [0.25, 0.3) is 5.91 Å². The third kappa shape index (κ3) is 5.15. The van der Waals surface area contributed by atoms with Gasteiger partial charge in [-0.3, -0.25) is 4.79 Å². The van der Waals surface area contributed by atoms with Gasteiger partial charge in [-0.15, -0.1) is 0 Å². The maximum atomic E-state index is 12.2. The van der Waals surface area contributed by atoms with E-state index in [1.54, 1.807) is 23.1 Å². The summed E-state index contributed by atoms with van der Waals surface area (Å²) in [5.41, 5.74) is 1.42. The lowest BCUT2D eigenvalue weighted by molar-refractivity contribution is -0.125. The zero-order chi connectivity index (χ0) is 19.2. The number of benzene rings is 1. The fourth-order valence-electron chi connectivity index (χ4n) is 3.50. The third-order valence-electron chi connectivity index (χ3n) is 5.39. The number of nitrogens with one attached hydrogen (secondary N) is 1. The molecule has 0 spiro atoms. The summed E-state index contributed by atoms with van der Waals surface area (Å²) in [5, 5.41) is 7.05. The Bertz CT molecular complexity index is 758. The van der Waals surface area contributed by atoms with E-state index < -0.39 is 5.97 Å². The maximum absolute atomic E-state index is 12.2. The van der Waals surface area contributed by atoms with Gasteiger partial charge in [0.15, 0.2) is 6.61 Å². The predicted molar refractivity (Wildman–Crippen MR) is 100.0 cm³/mol. The third-order valence-corrected chi connectivity index (χ3v) is 5.39. The number of ether oxygens (including phenoxy) is 1. The van der Waals surface area contributed by atoms with E-state index in [-0.39, 0.29) is 18.6 Å². The Kier molecular flexibility index (Phi) is 6.21. The smallest absolute Gasteiger partial charge is 0.338 e. The summed E-state index contributed by atoms with van der Waals surface area (Å²) in [6, 6.07) is 7.22. The van der Waals surface area contributed by atoms with Crippen molar-refractivity contribution in [2.45, 2.75) is 45.7 Å². The van der Waals surface area contributed by atoms with Gasteiger partial charge in [-0.25, -0.2) is 14.5 Å². The second-order valence-corrected chi connectivity index (χ2v) is 7.31. The second kappa shape index (κ2) is 8.79. The highest BCUT2D eigenvalue weighted by Gasteiger charge is 2.28. The number of carbonyl (C=O) groups excluding carboxylic acids is 2. The Balaban J connectivity index is 1.46. The Morgan fingerprint density at radius 3 is 2.70 bits per heavy atom. The molecule has 27 heavy (non-hydrogen) atoms. The lowest BCUT2D eigenvalue weighted by Gasteiger charge is -2.34. The molecular weight excluding hydrogens is 344 g/mol. The monoisotopic (exact) mass is 370 g/mol. The fraction of sp³-hybridized carbons (Fsp3) is 0.500. The van der Waals surface area contributed by atoms with E-state index in [1.165, 1.54) is 12.7 Å². The van der Waals surface area contributed by atoms with Crippen LogP contribution in [0.15, 0.2) is 36.9 Å². The molecule has 0 unspecified atom stereocenters. The van der Waals surface area contributed by atoms with Crippen molar-refractivity contribution in [1.82, 2.24) is 20.1 Å². The number of amides is 1. The van der Waals surface area contributed by atoms with E-state index in [1.807, 2.05) is 12.1 Å². The van der Waals surface area contributed by atoms with E-state index in [9.17, 15) is 9.59 Å². The number of rotatable bonds is 6. The molecule has 0 radical (unpaired) electrons. The normalized spacial score (nSPS) is 22.2. The van der Waals surface area contributed by atoms with Crippen molar-refractivity contribution < 1.29 is 14.3 Å². The predicted octanol–water partition coefficient (Wildman–Crippen LogP) is 2.42. The molecule has 2 aromatic rings. The molecule has 7 heteroatoms. The second-order valence-electron chi connectivity index (χ2n) is 7.31. The van der Waals surface area contributed by atoms with Crippen LogP contribution in [0.4, 0.5) is 0 Å². The molecule has 1 aliphatic carbocycles. The molecule has 1 fully saturated rings. The minimum absolute atomic E-state index is 0.163. The first-order valence-electron chi connectivity index (χ1n) is 9.41. The van der Waals surface area contributed by atoms with E-state index in [2.05, 4.69) is 29.2 Å². The standard InChI is InChI=1S/C20H26N4O3/c1-14-4-3-5-18(15(14)2)23-19(25)11-27-20(26)17-8-6-16(7-9-17)10-24-13-21-12-22-24/h6-9,12-15,18H,3-5,10-11H2,1-2H3,(H,23,25)/t14-,15+,18+/m1/s1. The van der Waals surface area contributed by atoms with Gasteiger partial charge in [0, 0.05) is 6.04 Å². The lowest BCUT2D eigenvalue weighted by atomic mass is 9.78. The van der Waals surface area contributed by atoms with Crippen LogP contribution in [-0.4, -0.2) is 39.3 Å². The molecule has 1 N–H and O–H groups in total.